The third-order valence-corrected chi connectivity index (χ3v) is 40.4. The quantitative estimate of drug-likeness (QED) is 0.0556. The number of aldehydes is 1. The first-order chi connectivity index (χ1) is 57.9. The van der Waals surface area contributed by atoms with Crippen molar-refractivity contribution in [3.05, 3.63) is 107 Å². The summed E-state index contributed by atoms with van der Waals surface area (Å²) in [6.45, 7) is 50.3. The lowest BCUT2D eigenvalue weighted by atomic mass is 9.60. The van der Waals surface area contributed by atoms with E-state index in [1.165, 1.54) is 152 Å². The topological polar surface area (TPSA) is 202 Å². The predicted molar refractivity (Wildman–Crippen MR) is 546 cm³/mol. The fraction of sp³-hybridized carbons (Fsp3) is 0.809. The first-order valence-electron chi connectivity index (χ1n) is 50.2. The lowest BCUT2D eigenvalue weighted by molar-refractivity contribution is -0.125. The van der Waals surface area contributed by atoms with E-state index in [0.717, 1.165) is 141 Å². The second-order valence-corrected chi connectivity index (χ2v) is 48.9. The number of aliphatic hydroxyl groups excluding tert-OH is 4. The van der Waals surface area contributed by atoms with Crippen LogP contribution in [0.25, 0.3) is 0 Å². The number of hydrogen-bond donors (Lipinski definition) is 4. The van der Waals surface area contributed by atoms with Crippen LogP contribution in [0.4, 0.5) is 0 Å². The molecule has 0 radical (unpaired) electrons. The Morgan fingerprint density at radius 2 is 0.822 bits per heavy atom. The third kappa shape index (κ3) is 26.9. The van der Waals surface area contributed by atoms with Crippen LogP contribution >= 0.6 is 0 Å². The van der Waals surface area contributed by atoms with Gasteiger partial charge in [0, 0.05) is 18.4 Å². The summed E-state index contributed by atoms with van der Waals surface area (Å²) in [5.74, 6) is 13.6. The van der Waals surface area contributed by atoms with Crippen molar-refractivity contribution in [1.82, 2.24) is 0 Å². The molecule has 0 spiro atoms. The number of hydrogen-bond acceptors (Lipinski definition) is 12. The summed E-state index contributed by atoms with van der Waals surface area (Å²) in [6.07, 6.45) is 50.2. The van der Waals surface area contributed by atoms with Crippen molar-refractivity contribution in [2.24, 2.45) is 163 Å². The van der Waals surface area contributed by atoms with E-state index in [2.05, 4.69) is 149 Å². The van der Waals surface area contributed by atoms with Gasteiger partial charge in [-0.1, -0.05) is 291 Å². The van der Waals surface area contributed by atoms with Gasteiger partial charge in [-0.2, -0.15) is 16.8 Å². The Balaban J connectivity index is 0.000000327. The second kappa shape index (κ2) is 50.1. The van der Waals surface area contributed by atoms with Gasteiger partial charge >= 0.3 is 0 Å². The van der Waals surface area contributed by atoms with Crippen molar-refractivity contribution < 1.29 is 55.2 Å². The van der Waals surface area contributed by atoms with Gasteiger partial charge in [0.2, 0.25) is 0 Å². The van der Waals surface area contributed by atoms with E-state index in [-0.39, 0.29) is 109 Å². The number of Topliss-reactive ketones (excluding diaryl/α,β-unsaturated/α-hetero) is 1. The average Bonchev–Trinajstić information content (AvgIpc) is 1.64. The summed E-state index contributed by atoms with van der Waals surface area (Å²) in [5, 5.41) is 39.7. The van der Waals surface area contributed by atoms with Crippen LogP contribution in [-0.2, 0) is 38.2 Å². The third-order valence-electron chi connectivity index (χ3n) is 37.8. The molecule has 12 nitrogen and oxygen atoms in total. The smallest absolute Gasteiger partial charge is 0.296 e. The van der Waals surface area contributed by atoms with Gasteiger partial charge in [-0.3, -0.25) is 13.2 Å². The Labute approximate surface area is 795 Å². The summed E-state index contributed by atoms with van der Waals surface area (Å²) in [4.78, 5) is 23.1. The monoisotopic (exact) mass is 1840 g/mol. The Morgan fingerprint density at radius 3 is 1.26 bits per heavy atom. The molecule has 30 atom stereocenters. The van der Waals surface area contributed by atoms with Gasteiger partial charge in [-0.05, 0) is 362 Å². The summed E-state index contributed by atoms with van der Waals surface area (Å²) < 4.78 is 60.6. The number of allylic oxidation sites excluding steroid dienone is 6. The highest BCUT2D eigenvalue weighted by molar-refractivity contribution is 7.87. The fourth-order valence-corrected chi connectivity index (χ4v) is 32.1. The molecule has 2 aromatic carbocycles. The van der Waals surface area contributed by atoms with Gasteiger partial charge in [-0.25, -0.2) is 0 Å². The molecular formula is C115H200O12S2. The van der Waals surface area contributed by atoms with E-state index in [1.54, 1.807) is 48.9 Å². The van der Waals surface area contributed by atoms with Crippen LogP contribution in [0.3, 0.4) is 0 Å². The van der Waals surface area contributed by atoms with Gasteiger partial charge in [0.15, 0.2) is 0 Å². The lowest BCUT2D eigenvalue weighted by Crippen LogP contribution is -2.42. The predicted octanol–water partition coefficient (Wildman–Crippen LogP) is 29.9. The largest absolute Gasteiger partial charge is 0.396 e. The maximum Gasteiger partial charge on any atom is 0.296 e. The van der Waals surface area contributed by atoms with Gasteiger partial charge < -0.3 is 25.2 Å². The second-order valence-electron chi connectivity index (χ2n) is 45.7. The molecule has 14 heteroatoms. The van der Waals surface area contributed by atoms with Crippen LogP contribution in [0, 0.1) is 177 Å². The van der Waals surface area contributed by atoms with E-state index < -0.39 is 20.2 Å². The van der Waals surface area contributed by atoms with Crippen LogP contribution in [0.2, 0.25) is 0 Å². The normalized spacial score (nSPS) is 37.9. The molecule has 13 aliphatic carbocycles. The Bertz CT molecular complexity index is 3950. The summed E-state index contributed by atoms with van der Waals surface area (Å²) >= 11 is 0. The number of fused-ring (bicyclic) bond motifs is 6. The zero-order valence-corrected chi connectivity index (χ0v) is 82.6. The van der Waals surface area contributed by atoms with Crippen molar-refractivity contribution in [3.8, 4) is 0 Å². The van der Waals surface area contributed by atoms with Crippen molar-refractivity contribution in [1.29, 1.82) is 0 Å². The molecule has 744 valence electrons. The summed E-state index contributed by atoms with van der Waals surface area (Å²) in [5.41, 5.74) is 8.25. The van der Waals surface area contributed by atoms with Crippen LogP contribution < -0.4 is 0 Å². The molecule has 129 heavy (non-hydrogen) atoms. The fourth-order valence-electron chi connectivity index (χ4n) is 30.1. The van der Waals surface area contributed by atoms with Gasteiger partial charge in [-0.15, -0.1) is 0 Å². The lowest BCUT2D eigenvalue weighted by Gasteiger charge is -2.45. The molecule has 0 unspecified atom stereocenters. The molecule has 0 heterocycles. The molecule has 13 saturated carbocycles. The van der Waals surface area contributed by atoms with E-state index in [9.17, 15) is 46.9 Å². The highest BCUT2D eigenvalue weighted by Crippen LogP contribution is 2.65. The van der Waals surface area contributed by atoms with Gasteiger partial charge in [0.1, 0.15) is 12.1 Å². The first-order valence-corrected chi connectivity index (χ1v) is 53.0. The van der Waals surface area contributed by atoms with Crippen molar-refractivity contribution >= 4 is 32.3 Å². The van der Waals surface area contributed by atoms with Crippen LogP contribution in [0.5, 0.6) is 0 Å². The standard InChI is InChI=1S/C28H44O.C21H32O3S.C20H30O4S.C14H24O.C13H24O2.C13H22O.6CH4/c1-19(2)20(3)9-10-22(5)26-15-16-27-23(8-7-17-28(26,27)6)12-13-24-18-25(29)14-11-21(24)4;1-15-7-9-18(10-8-15)25(22,23)24-14-17(3)20-12-11-19-16(2)6-5-13-21(19,20)4;1-14-6-8-16(9-7-14)25(22,23)24-13-15(2)17-10-11-18-19(21)5-4-12-20(17,18)3;1-10-5-4-8-14(3)12(10)6-7-13(14)11(2)9-15;1-9(8-14)10-5-6-11-12(15)4-3-7-13(10,11)2;1-9-5-4-8-13(3)11(9)6-7-12(13)10(2)14;;;;;;/h9-10,12-13,19-20,22,25-27,29H,4,7-8,11,14-18H2,1-3,5-6H3;7-10,16-17,19-20H,5-6,11-14H2,1-4H3;6-9,15,17-19,21H,4-5,10-13H2,1-3H3;9-13H,4-8H2,1-3H3;9-12,14-15H,3-8H2,1-2H3;9,11-12H,4-8H2,1-3H3;6*1H4/b10-9+,23-12+,24-13-;;;;;;;;;;;/t20-,22+,25-,26+,27-,28+;16-,17+,19-,20+,21-;15-,17-,18+,19+,20-;10-,11+,12-,13+,14-;9-,10-,11+,12+,13-;9-,11-,12+,13-;;;;;;/m001010....../s1. The molecule has 13 aliphatic rings. The van der Waals surface area contributed by atoms with Crippen LogP contribution in [0.15, 0.2) is 106 Å². The minimum Gasteiger partial charge on any atom is -0.396 e. The number of aryl methyl sites for hydroxylation is 2. The maximum atomic E-state index is 12.5. The number of aliphatic hydroxyl groups is 4. The zero-order chi connectivity index (χ0) is 90.1. The minimum atomic E-state index is -3.71. The molecule has 0 amide bonds. The SMILES string of the molecule is C.C.C.C.C.C.C=C1CC[C@H](O)C/C1=C/C=C1\CCC[C@]2(C)[C@@H]([C@H](C)/C=C/[C@H](C)C(C)C)CC[C@@H]12.CC(=O)[C@H]1CC[C@H]2[C@@H](C)CCC[C@]12C.C[C@H](C=O)[C@H]1CC[C@H]2[C@@H](C)CCC[C@]12C.C[C@H](CO)[C@H]1CC[C@H]2[C@@H](O)CCC[C@]12C.Cc1ccc(S(=O)(=O)OC[C@@H](C)[C@H]2CC[C@H]3[C@@H](C)CCC[C@]23C)cc1.Cc1ccc(S(=O)(=O)OC[C@@H](C)[C@H]2CC[C@H]3[C@@H](O)CCC[C@]23C)cc1. The zero-order valence-electron chi connectivity index (χ0n) is 81.0. The highest BCUT2D eigenvalue weighted by atomic mass is 32.2. The highest BCUT2D eigenvalue weighted by Gasteiger charge is 2.58. The number of carbonyl (C=O) groups excluding carboxylic acids is 2. The van der Waals surface area contributed by atoms with E-state index >= 15 is 0 Å². The molecular weight excluding hydrogens is 1640 g/mol. The first kappa shape index (κ1) is 118. The van der Waals surface area contributed by atoms with E-state index in [1.807, 2.05) is 26.0 Å². The van der Waals surface area contributed by atoms with E-state index in [0.29, 0.717) is 98.6 Å². The Morgan fingerprint density at radius 1 is 0.450 bits per heavy atom. The summed E-state index contributed by atoms with van der Waals surface area (Å²) in [6, 6.07) is 13.6. The molecule has 0 aliphatic heterocycles. The van der Waals surface area contributed by atoms with Gasteiger partial charge in [0.25, 0.3) is 20.2 Å². The number of benzene rings is 2. The number of ketones is 1. The molecule has 0 saturated heterocycles. The minimum absolute atomic E-state index is 0. The van der Waals surface area contributed by atoms with Crippen LogP contribution in [-0.4, -0.2) is 87.5 Å². The molecule has 15 rings (SSSR count). The Hall–Kier alpha value is -3.60. The molecule has 0 bridgehead atoms. The number of carbonyl (C=O) groups is 2. The summed E-state index contributed by atoms with van der Waals surface area (Å²) in [7, 11) is -7.37. The molecule has 2 aromatic rings. The van der Waals surface area contributed by atoms with Crippen LogP contribution in [0.1, 0.15) is 392 Å². The van der Waals surface area contributed by atoms with E-state index in [4.69, 9.17) is 8.37 Å². The Kier molecular flexibility index (Phi) is 45.7. The van der Waals surface area contributed by atoms with Gasteiger partial charge in [0.05, 0.1) is 41.3 Å². The molecule has 4 N–H and O–H groups in total. The number of rotatable bonds is 20. The van der Waals surface area contributed by atoms with Crippen molar-refractivity contribution in [2.45, 2.75) is 423 Å². The van der Waals surface area contributed by atoms with Crippen molar-refractivity contribution in [3.63, 3.8) is 0 Å². The molecule has 13 fully saturated rings. The maximum absolute atomic E-state index is 12.5. The van der Waals surface area contributed by atoms with Crippen molar-refractivity contribution in [2.75, 3.05) is 19.8 Å². The molecule has 0 aromatic heterocycles. The average molecular weight is 1840 g/mol.